The normalized spacial score (nSPS) is 13.0. The van der Waals surface area contributed by atoms with Gasteiger partial charge < -0.3 is 10.1 Å². The highest BCUT2D eigenvalue weighted by atomic mass is 32.1. The summed E-state index contributed by atoms with van der Waals surface area (Å²) in [4.78, 5) is 31.2. The van der Waals surface area contributed by atoms with E-state index in [4.69, 9.17) is 4.74 Å². The number of unbranched alkanes of at least 4 members (excludes halogenated alkanes) is 1. The Morgan fingerprint density at radius 2 is 2.03 bits per heavy atom. The molecular weight excluding hydrogens is 410 g/mol. The molecule has 2 amide bonds. The van der Waals surface area contributed by atoms with Crippen LogP contribution in [0.4, 0.5) is 11.4 Å². The van der Waals surface area contributed by atoms with Gasteiger partial charge in [0.05, 0.1) is 16.4 Å². The fourth-order valence-electron chi connectivity index (χ4n) is 3.51. The van der Waals surface area contributed by atoms with Crippen molar-refractivity contribution in [1.82, 2.24) is 4.98 Å². The Kier molecular flexibility index (Phi) is 6.32. The second-order valence-electron chi connectivity index (χ2n) is 7.55. The van der Waals surface area contributed by atoms with E-state index in [9.17, 15) is 9.59 Å². The van der Waals surface area contributed by atoms with Crippen LogP contribution >= 0.6 is 11.3 Å². The lowest BCUT2D eigenvalue weighted by molar-refractivity contribution is -0.123. The Morgan fingerprint density at radius 1 is 1.23 bits per heavy atom. The van der Waals surface area contributed by atoms with Crippen molar-refractivity contribution in [3.8, 4) is 17.0 Å². The van der Waals surface area contributed by atoms with Crippen LogP contribution in [0.1, 0.15) is 30.3 Å². The molecule has 7 heteroatoms. The molecule has 0 spiro atoms. The second-order valence-corrected chi connectivity index (χ2v) is 8.61. The maximum absolute atomic E-state index is 12.7. The van der Waals surface area contributed by atoms with Crippen LogP contribution in [0.15, 0.2) is 47.8 Å². The first-order valence-corrected chi connectivity index (χ1v) is 11.3. The molecule has 2 heterocycles. The Morgan fingerprint density at radius 3 is 2.74 bits per heavy atom. The molecule has 31 heavy (non-hydrogen) atoms. The fraction of sp³-hybridized carbons (Fsp3) is 0.292. The summed E-state index contributed by atoms with van der Waals surface area (Å²) in [6.07, 6.45) is 3.33. The molecule has 1 aliphatic rings. The number of carbonyl (C=O) groups is 2. The van der Waals surface area contributed by atoms with Crippen LogP contribution in [0.25, 0.3) is 11.3 Å². The van der Waals surface area contributed by atoms with Gasteiger partial charge in [0.25, 0.3) is 5.91 Å². The summed E-state index contributed by atoms with van der Waals surface area (Å²) in [6, 6.07) is 13.5. The van der Waals surface area contributed by atoms with E-state index in [1.165, 1.54) is 10.5 Å². The third-order valence-corrected chi connectivity index (χ3v) is 5.95. The number of carbonyl (C=O) groups excluding carboxylic acids is 2. The summed E-state index contributed by atoms with van der Waals surface area (Å²) >= 11 is 1.57. The van der Waals surface area contributed by atoms with Crippen LogP contribution in [0.5, 0.6) is 5.75 Å². The van der Waals surface area contributed by atoms with Crippen LogP contribution in [0.3, 0.4) is 0 Å². The molecular formula is C24H25N3O3S. The Hall–Kier alpha value is -3.19. The number of hydrogen-bond donors (Lipinski definition) is 1. The summed E-state index contributed by atoms with van der Waals surface area (Å²) < 4.78 is 5.57. The molecule has 160 valence electrons. The number of aromatic nitrogens is 1. The first-order chi connectivity index (χ1) is 15.0. The Balaban J connectivity index is 1.49. The lowest BCUT2D eigenvalue weighted by Crippen LogP contribution is -2.43. The van der Waals surface area contributed by atoms with E-state index in [2.05, 4.69) is 17.2 Å². The number of aryl methyl sites for hydroxylation is 2. The number of nitrogens with one attached hydrogen (secondary N) is 1. The van der Waals surface area contributed by atoms with E-state index < -0.39 is 0 Å². The number of amides is 2. The number of benzene rings is 2. The van der Waals surface area contributed by atoms with Gasteiger partial charge in [0, 0.05) is 16.6 Å². The fourth-order valence-corrected chi connectivity index (χ4v) is 4.13. The highest BCUT2D eigenvalue weighted by Crippen LogP contribution is 2.36. The summed E-state index contributed by atoms with van der Waals surface area (Å²) in [5.41, 5.74) is 4.29. The van der Waals surface area contributed by atoms with Crippen LogP contribution in [0.2, 0.25) is 0 Å². The molecule has 0 saturated carbocycles. The molecule has 1 aromatic heterocycles. The standard InChI is InChI=1S/C24H25N3O3S/c1-3-4-5-17-6-9-19(10-7-17)26-23(28)13-27-21-12-18(20-15-31-16(2)25-20)8-11-22(21)30-14-24(27)29/h6-12,15H,3-5,13-14H2,1-2H3,(H,26,28). The quantitative estimate of drug-likeness (QED) is 0.577. The predicted molar refractivity (Wildman–Crippen MR) is 124 cm³/mol. The molecule has 0 aliphatic carbocycles. The van der Waals surface area contributed by atoms with E-state index in [-0.39, 0.29) is 25.0 Å². The van der Waals surface area contributed by atoms with Crippen LogP contribution in [-0.4, -0.2) is 29.9 Å². The van der Waals surface area contributed by atoms with Crippen LogP contribution in [0, 0.1) is 6.92 Å². The maximum Gasteiger partial charge on any atom is 0.265 e. The van der Waals surface area contributed by atoms with E-state index in [1.54, 1.807) is 11.3 Å². The maximum atomic E-state index is 12.7. The van der Waals surface area contributed by atoms with E-state index >= 15 is 0 Å². The van der Waals surface area contributed by atoms with Gasteiger partial charge >= 0.3 is 0 Å². The van der Waals surface area contributed by atoms with Crippen molar-refractivity contribution < 1.29 is 14.3 Å². The first kappa shape index (κ1) is 21.1. The molecule has 3 aromatic rings. The first-order valence-electron chi connectivity index (χ1n) is 10.4. The summed E-state index contributed by atoms with van der Waals surface area (Å²) in [7, 11) is 0. The largest absolute Gasteiger partial charge is 0.482 e. The van der Waals surface area contributed by atoms with Gasteiger partial charge in [-0.25, -0.2) is 4.98 Å². The van der Waals surface area contributed by atoms with Gasteiger partial charge in [-0.15, -0.1) is 11.3 Å². The van der Waals surface area contributed by atoms with Crippen molar-refractivity contribution in [3.05, 3.63) is 58.4 Å². The molecule has 0 saturated heterocycles. The summed E-state index contributed by atoms with van der Waals surface area (Å²) in [5, 5.41) is 5.83. The molecule has 6 nitrogen and oxygen atoms in total. The third-order valence-electron chi connectivity index (χ3n) is 5.18. The van der Waals surface area contributed by atoms with Crippen LogP contribution < -0.4 is 15.0 Å². The summed E-state index contributed by atoms with van der Waals surface area (Å²) in [6.45, 7) is 3.96. The van der Waals surface area contributed by atoms with Gasteiger partial charge in [-0.3, -0.25) is 14.5 Å². The van der Waals surface area contributed by atoms with Crippen molar-refractivity contribution in [2.45, 2.75) is 33.1 Å². The molecule has 0 bridgehead atoms. The minimum Gasteiger partial charge on any atom is -0.482 e. The van der Waals surface area contributed by atoms with Crippen molar-refractivity contribution in [3.63, 3.8) is 0 Å². The zero-order valence-corrected chi connectivity index (χ0v) is 18.5. The van der Waals surface area contributed by atoms with Gasteiger partial charge in [0.2, 0.25) is 5.91 Å². The minimum absolute atomic E-state index is 0.0771. The molecule has 2 aromatic carbocycles. The average molecular weight is 436 g/mol. The lowest BCUT2D eigenvalue weighted by atomic mass is 10.1. The van der Waals surface area contributed by atoms with Crippen molar-refractivity contribution in [2.24, 2.45) is 0 Å². The predicted octanol–water partition coefficient (Wildman–Crippen LogP) is 4.83. The van der Waals surface area contributed by atoms with Gasteiger partial charge in [-0.1, -0.05) is 25.5 Å². The highest BCUT2D eigenvalue weighted by Gasteiger charge is 2.28. The van der Waals surface area contributed by atoms with Crippen molar-refractivity contribution in [2.75, 3.05) is 23.4 Å². The topological polar surface area (TPSA) is 71.5 Å². The molecule has 1 aliphatic heterocycles. The Labute approximate surface area is 185 Å². The van der Waals surface area contributed by atoms with E-state index in [1.807, 2.05) is 54.8 Å². The molecule has 1 N–H and O–H groups in total. The second kappa shape index (κ2) is 9.31. The summed E-state index contributed by atoms with van der Waals surface area (Å²) in [5.74, 6) is 0.0879. The van der Waals surface area contributed by atoms with Crippen molar-refractivity contribution >= 4 is 34.5 Å². The molecule has 0 atom stereocenters. The van der Waals surface area contributed by atoms with Gasteiger partial charge in [-0.05, 0) is 55.7 Å². The zero-order chi connectivity index (χ0) is 21.8. The van der Waals surface area contributed by atoms with Gasteiger partial charge in [0.1, 0.15) is 12.3 Å². The average Bonchev–Trinajstić information content (AvgIpc) is 3.21. The SMILES string of the molecule is CCCCc1ccc(NC(=O)CN2C(=O)COc3ccc(-c4csc(C)n4)cc32)cc1. The highest BCUT2D eigenvalue weighted by molar-refractivity contribution is 7.09. The number of ether oxygens (including phenoxy) is 1. The van der Waals surface area contributed by atoms with Gasteiger partial charge in [-0.2, -0.15) is 0 Å². The molecule has 0 unspecified atom stereocenters. The molecule has 0 fully saturated rings. The van der Waals surface area contributed by atoms with E-state index in [0.717, 1.165) is 41.2 Å². The lowest BCUT2D eigenvalue weighted by Gasteiger charge is -2.29. The van der Waals surface area contributed by atoms with E-state index in [0.29, 0.717) is 11.4 Å². The smallest absolute Gasteiger partial charge is 0.265 e. The number of rotatable bonds is 7. The molecule has 0 radical (unpaired) electrons. The van der Waals surface area contributed by atoms with Crippen LogP contribution in [-0.2, 0) is 16.0 Å². The number of thiazole rings is 1. The third kappa shape index (κ3) is 4.94. The number of hydrogen-bond acceptors (Lipinski definition) is 5. The minimum atomic E-state index is -0.252. The zero-order valence-electron chi connectivity index (χ0n) is 17.7. The molecule has 4 rings (SSSR count). The number of fused-ring (bicyclic) bond motifs is 1. The Bertz CT molecular complexity index is 1090. The number of anilines is 2. The monoisotopic (exact) mass is 435 g/mol. The van der Waals surface area contributed by atoms with Crippen molar-refractivity contribution in [1.29, 1.82) is 0 Å². The van der Waals surface area contributed by atoms with Gasteiger partial charge in [0.15, 0.2) is 6.61 Å². The number of nitrogens with zero attached hydrogens (tertiary/aromatic N) is 2.